The van der Waals surface area contributed by atoms with Crippen LogP contribution in [0.15, 0.2) is 48.9 Å². The van der Waals surface area contributed by atoms with Gasteiger partial charge in [0.05, 0.1) is 12.8 Å². The normalized spacial score (nSPS) is 10.4. The van der Waals surface area contributed by atoms with Crippen molar-refractivity contribution in [2.45, 2.75) is 6.92 Å². The number of anilines is 1. The molecule has 2 N–H and O–H groups in total. The summed E-state index contributed by atoms with van der Waals surface area (Å²) >= 11 is 0. The Morgan fingerprint density at radius 3 is 2.65 bits per heavy atom. The molecular weight excluding hydrogens is 332 g/mol. The van der Waals surface area contributed by atoms with E-state index in [-0.39, 0.29) is 5.91 Å². The predicted octanol–water partition coefficient (Wildman–Crippen LogP) is 1.82. The van der Waals surface area contributed by atoms with Gasteiger partial charge in [0.1, 0.15) is 17.9 Å². The van der Waals surface area contributed by atoms with Gasteiger partial charge in [-0.2, -0.15) is 5.10 Å². The summed E-state index contributed by atoms with van der Waals surface area (Å²) in [5.74, 6) is 1.93. The summed E-state index contributed by atoms with van der Waals surface area (Å²) in [6.07, 6.45) is 3.32. The Labute approximate surface area is 151 Å². The van der Waals surface area contributed by atoms with E-state index in [1.54, 1.807) is 42.1 Å². The van der Waals surface area contributed by atoms with Crippen LogP contribution in [0.5, 0.6) is 5.75 Å². The van der Waals surface area contributed by atoms with Crippen LogP contribution in [-0.2, 0) is 0 Å². The van der Waals surface area contributed by atoms with E-state index in [1.807, 2.05) is 19.2 Å². The molecule has 0 aliphatic carbocycles. The number of hydrogen-bond acceptors (Lipinski definition) is 6. The molecular formula is C18H20N6O2. The van der Waals surface area contributed by atoms with Crippen LogP contribution in [0.25, 0.3) is 5.82 Å². The maximum Gasteiger partial charge on any atom is 0.251 e. The maximum atomic E-state index is 12.1. The molecule has 0 spiro atoms. The van der Waals surface area contributed by atoms with E-state index in [0.29, 0.717) is 30.3 Å². The maximum absolute atomic E-state index is 12.1. The quantitative estimate of drug-likeness (QED) is 0.630. The van der Waals surface area contributed by atoms with Crippen molar-refractivity contribution >= 4 is 11.7 Å². The molecule has 0 aliphatic heterocycles. The number of hydrogen-bond donors (Lipinski definition) is 2. The van der Waals surface area contributed by atoms with Crippen molar-refractivity contribution < 1.29 is 9.53 Å². The van der Waals surface area contributed by atoms with Gasteiger partial charge < -0.3 is 15.4 Å². The average molecular weight is 352 g/mol. The summed E-state index contributed by atoms with van der Waals surface area (Å²) < 4.78 is 6.77. The fourth-order valence-electron chi connectivity index (χ4n) is 2.32. The second-order valence-electron chi connectivity index (χ2n) is 5.57. The molecule has 0 fully saturated rings. The van der Waals surface area contributed by atoms with Crippen LogP contribution in [0, 0.1) is 6.92 Å². The Morgan fingerprint density at radius 1 is 1.15 bits per heavy atom. The first kappa shape index (κ1) is 17.4. The Hall–Kier alpha value is -3.42. The van der Waals surface area contributed by atoms with Crippen molar-refractivity contribution in [1.29, 1.82) is 0 Å². The molecule has 0 atom stereocenters. The third-order valence-electron chi connectivity index (χ3n) is 3.68. The lowest BCUT2D eigenvalue weighted by Crippen LogP contribution is -2.28. The fraction of sp³-hybridized carbons (Fsp3) is 0.222. The van der Waals surface area contributed by atoms with Gasteiger partial charge in [0.25, 0.3) is 5.91 Å². The number of aryl methyl sites for hydroxylation is 1. The fourth-order valence-corrected chi connectivity index (χ4v) is 2.32. The average Bonchev–Trinajstić information content (AvgIpc) is 3.12. The number of rotatable bonds is 7. The Bertz CT molecular complexity index is 875. The monoisotopic (exact) mass is 352 g/mol. The van der Waals surface area contributed by atoms with Crippen LogP contribution < -0.4 is 15.4 Å². The van der Waals surface area contributed by atoms with Gasteiger partial charge >= 0.3 is 0 Å². The molecule has 134 valence electrons. The number of amides is 1. The van der Waals surface area contributed by atoms with Crippen molar-refractivity contribution in [3.63, 3.8) is 0 Å². The first-order valence-electron chi connectivity index (χ1n) is 8.16. The van der Waals surface area contributed by atoms with Gasteiger partial charge in [-0.25, -0.2) is 14.6 Å². The van der Waals surface area contributed by atoms with Crippen LogP contribution in [0.1, 0.15) is 16.1 Å². The number of ether oxygens (including phenoxy) is 1. The van der Waals surface area contributed by atoms with Gasteiger partial charge in [-0.15, -0.1) is 0 Å². The van der Waals surface area contributed by atoms with Crippen molar-refractivity contribution in [2.75, 3.05) is 25.5 Å². The van der Waals surface area contributed by atoms with E-state index in [0.717, 1.165) is 11.4 Å². The summed E-state index contributed by atoms with van der Waals surface area (Å²) in [6, 6.07) is 10.7. The number of nitrogens with one attached hydrogen (secondary N) is 2. The van der Waals surface area contributed by atoms with Crippen LogP contribution in [0.3, 0.4) is 0 Å². The minimum atomic E-state index is -0.134. The number of aromatic nitrogens is 4. The Kier molecular flexibility index (Phi) is 5.43. The summed E-state index contributed by atoms with van der Waals surface area (Å²) in [5.41, 5.74) is 1.50. The highest BCUT2D eigenvalue weighted by molar-refractivity contribution is 5.94. The van der Waals surface area contributed by atoms with E-state index in [2.05, 4.69) is 25.7 Å². The molecule has 2 aromatic heterocycles. The lowest BCUT2D eigenvalue weighted by molar-refractivity contribution is 0.0955. The molecule has 2 heterocycles. The third kappa shape index (κ3) is 4.35. The van der Waals surface area contributed by atoms with Crippen LogP contribution in [-0.4, -0.2) is 45.9 Å². The highest BCUT2D eigenvalue weighted by atomic mass is 16.5. The standard InChI is InChI=1S/C18H20N6O2/c1-13-7-10-24(23-13)17-11-16(21-12-22-17)19-8-9-20-18(25)14-3-5-15(26-2)6-4-14/h3-7,10-12H,8-9H2,1-2H3,(H,20,25)(H,19,21,22). The van der Waals surface area contributed by atoms with Gasteiger partial charge in [0, 0.05) is 30.9 Å². The molecule has 0 saturated heterocycles. The van der Waals surface area contributed by atoms with Gasteiger partial charge in [0.15, 0.2) is 5.82 Å². The zero-order valence-corrected chi connectivity index (χ0v) is 14.6. The number of nitrogens with zero attached hydrogens (tertiary/aromatic N) is 4. The molecule has 0 aliphatic rings. The van der Waals surface area contributed by atoms with Crippen LogP contribution >= 0.6 is 0 Å². The molecule has 3 aromatic rings. The topological polar surface area (TPSA) is 94.0 Å². The van der Waals surface area contributed by atoms with E-state index in [1.165, 1.54) is 6.33 Å². The molecule has 8 nitrogen and oxygen atoms in total. The second kappa shape index (κ2) is 8.11. The summed E-state index contributed by atoms with van der Waals surface area (Å²) in [5, 5.41) is 10.3. The number of carbonyl (C=O) groups is 1. The molecule has 3 rings (SSSR count). The minimum Gasteiger partial charge on any atom is -0.497 e. The Morgan fingerprint density at radius 2 is 1.96 bits per heavy atom. The first-order chi connectivity index (χ1) is 12.7. The van der Waals surface area contributed by atoms with Gasteiger partial charge in [-0.1, -0.05) is 0 Å². The molecule has 1 amide bonds. The summed E-state index contributed by atoms with van der Waals surface area (Å²) in [7, 11) is 1.59. The zero-order chi connectivity index (χ0) is 18.4. The molecule has 26 heavy (non-hydrogen) atoms. The minimum absolute atomic E-state index is 0.134. The largest absolute Gasteiger partial charge is 0.497 e. The smallest absolute Gasteiger partial charge is 0.251 e. The van der Waals surface area contributed by atoms with E-state index in [4.69, 9.17) is 4.74 Å². The zero-order valence-electron chi connectivity index (χ0n) is 14.6. The number of benzene rings is 1. The highest BCUT2D eigenvalue weighted by Gasteiger charge is 2.05. The van der Waals surface area contributed by atoms with Crippen LogP contribution in [0.2, 0.25) is 0 Å². The lowest BCUT2D eigenvalue weighted by Gasteiger charge is -2.09. The van der Waals surface area contributed by atoms with Crippen molar-refractivity contribution in [1.82, 2.24) is 25.1 Å². The van der Waals surface area contributed by atoms with E-state index >= 15 is 0 Å². The van der Waals surface area contributed by atoms with Crippen molar-refractivity contribution in [3.05, 3.63) is 60.2 Å². The Balaban J connectivity index is 1.49. The molecule has 1 aromatic carbocycles. The van der Waals surface area contributed by atoms with E-state index < -0.39 is 0 Å². The lowest BCUT2D eigenvalue weighted by atomic mass is 10.2. The third-order valence-corrected chi connectivity index (χ3v) is 3.68. The first-order valence-corrected chi connectivity index (χ1v) is 8.16. The summed E-state index contributed by atoms with van der Waals surface area (Å²) in [4.78, 5) is 20.5. The van der Waals surface area contributed by atoms with Gasteiger partial charge in [-0.05, 0) is 37.3 Å². The van der Waals surface area contributed by atoms with Crippen molar-refractivity contribution in [3.8, 4) is 11.6 Å². The van der Waals surface area contributed by atoms with Crippen molar-refractivity contribution in [2.24, 2.45) is 0 Å². The second-order valence-corrected chi connectivity index (χ2v) is 5.57. The molecule has 0 unspecified atom stereocenters. The number of carbonyl (C=O) groups excluding carboxylic acids is 1. The van der Waals surface area contributed by atoms with Gasteiger partial charge in [0.2, 0.25) is 0 Å². The summed E-state index contributed by atoms with van der Waals surface area (Å²) in [6.45, 7) is 2.92. The van der Waals surface area contributed by atoms with Crippen LogP contribution in [0.4, 0.5) is 5.82 Å². The molecule has 8 heteroatoms. The van der Waals surface area contributed by atoms with E-state index in [9.17, 15) is 4.79 Å². The molecule has 0 saturated carbocycles. The van der Waals surface area contributed by atoms with Gasteiger partial charge in [-0.3, -0.25) is 4.79 Å². The highest BCUT2D eigenvalue weighted by Crippen LogP contribution is 2.11. The molecule has 0 bridgehead atoms. The predicted molar refractivity (Wildman–Crippen MR) is 97.7 cm³/mol. The SMILES string of the molecule is COc1ccc(C(=O)NCCNc2cc(-n3ccc(C)n3)ncn2)cc1. The molecule has 0 radical (unpaired) electrons. The number of methoxy groups -OCH3 is 1.